The number of rotatable bonds is 5. The Hall–Kier alpha value is -1.90. The molecule has 0 radical (unpaired) electrons. The average molecular weight is 320 g/mol. The fraction of sp³-hybridized carbons (Fsp3) is 0. The van der Waals surface area contributed by atoms with Gasteiger partial charge in [-0.2, -0.15) is 0 Å². The van der Waals surface area contributed by atoms with Crippen LogP contribution in [0.1, 0.15) is 5.56 Å². The monoisotopic (exact) mass is 320 g/mol. The second-order valence-corrected chi connectivity index (χ2v) is 6.97. The van der Waals surface area contributed by atoms with Gasteiger partial charge in [0.2, 0.25) is 0 Å². The molecule has 0 atom stereocenters. The first kappa shape index (κ1) is 15.0. The van der Waals surface area contributed by atoms with Crippen molar-refractivity contribution in [2.24, 2.45) is 0 Å². The summed E-state index contributed by atoms with van der Waals surface area (Å²) in [4.78, 5) is 5.03. The Morgan fingerprint density at radius 3 is 1.73 bits per heavy atom. The van der Waals surface area contributed by atoms with Gasteiger partial charge in [0.1, 0.15) is 0 Å². The topological polar surface area (TPSA) is 0 Å². The van der Waals surface area contributed by atoms with Crippen LogP contribution in [0.15, 0.2) is 105 Å². The normalized spacial score (nSPS) is 10.4. The smallest absolute Gasteiger partial charge is 0.0267 e. The van der Waals surface area contributed by atoms with Gasteiger partial charge in [-0.05, 0) is 42.0 Å². The molecule has 0 saturated heterocycles. The van der Waals surface area contributed by atoms with Crippen LogP contribution in [0.25, 0.3) is 6.08 Å². The molecule has 0 amide bonds. The van der Waals surface area contributed by atoms with E-state index in [1.54, 1.807) is 23.5 Å². The van der Waals surface area contributed by atoms with Gasteiger partial charge in [-0.15, -0.1) is 0 Å². The van der Waals surface area contributed by atoms with Crippen molar-refractivity contribution in [2.45, 2.75) is 19.6 Å². The van der Waals surface area contributed by atoms with Crippen molar-refractivity contribution < 1.29 is 0 Å². The maximum atomic E-state index is 3.88. The molecule has 3 aromatic carbocycles. The maximum absolute atomic E-state index is 3.88. The van der Waals surface area contributed by atoms with Crippen molar-refractivity contribution in [3.63, 3.8) is 0 Å². The fourth-order valence-electron chi connectivity index (χ4n) is 2.05. The lowest BCUT2D eigenvalue weighted by atomic mass is 10.2. The molecule has 2 heteroatoms. The van der Waals surface area contributed by atoms with Gasteiger partial charge in [-0.1, -0.05) is 78.6 Å². The predicted molar refractivity (Wildman–Crippen MR) is 97.7 cm³/mol. The van der Waals surface area contributed by atoms with E-state index >= 15 is 0 Å². The van der Waals surface area contributed by atoms with E-state index in [1.807, 2.05) is 18.2 Å². The van der Waals surface area contributed by atoms with Crippen molar-refractivity contribution in [3.8, 4) is 0 Å². The Kier molecular flexibility index (Phi) is 5.04. The summed E-state index contributed by atoms with van der Waals surface area (Å²) in [5.74, 6) is 0. The van der Waals surface area contributed by atoms with Crippen molar-refractivity contribution >= 4 is 29.6 Å². The number of hydrogen-bond donors (Lipinski definition) is 0. The molecule has 0 saturated carbocycles. The fourth-order valence-corrected chi connectivity index (χ4v) is 4.05. The highest BCUT2D eigenvalue weighted by molar-refractivity contribution is 8.02. The minimum atomic E-state index is 1.15. The van der Waals surface area contributed by atoms with E-state index in [4.69, 9.17) is 0 Å². The molecule has 0 aromatic heterocycles. The molecule has 0 fully saturated rings. The quantitative estimate of drug-likeness (QED) is 0.517. The molecule has 0 aliphatic heterocycles. The molecule has 108 valence electrons. The molecule has 0 unspecified atom stereocenters. The van der Waals surface area contributed by atoms with Crippen molar-refractivity contribution in [3.05, 3.63) is 91.0 Å². The third kappa shape index (κ3) is 3.85. The second kappa shape index (κ2) is 7.39. The zero-order valence-corrected chi connectivity index (χ0v) is 13.7. The maximum Gasteiger partial charge on any atom is 0.0267 e. The Balaban J connectivity index is 1.93. The van der Waals surface area contributed by atoms with Gasteiger partial charge in [0.25, 0.3) is 0 Å². The predicted octanol–water partition coefficient (Wildman–Crippen LogP) is 6.63. The molecular weight excluding hydrogens is 304 g/mol. The largest absolute Gasteiger partial charge is 0.0985 e. The van der Waals surface area contributed by atoms with E-state index in [9.17, 15) is 0 Å². The van der Waals surface area contributed by atoms with Crippen LogP contribution in [0.3, 0.4) is 0 Å². The summed E-state index contributed by atoms with van der Waals surface area (Å²) in [6.07, 6.45) is 1.89. The summed E-state index contributed by atoms with van der Waals surface area (Å²) in [7, 11) is 0. The van der Waals surface area contributed by atoms with Gasteiger partial charge in [0.15, 0.2) is 0 Å². The van der Waals surface area contributed by atoms with Crippen LogP contribution >= 0.6 is 23.5 Å². The first-order valence-corrected chi connectivity index (χ1v) is 8.71. The Morgan fingerprint density at radius 1 is 0.636 bits per heavy atom. The average Bonchev–Trinajstić information content (AvgIpc) is 2.58. The third-order valence-corrected chi connectivity index (χ3v) is 5.42. The summed E-state index contributed by atoms with van der Waals surface area (Å²) in [5.41, 5.74) is 1.15. The summed E-state index contributed by atoms with van der Waals surface area (Å²) in [5, 5.41) is 0. The number of benzene rings is 3. The highest BCUT2D eigenvalue weighted by atomic mass is 32.2. The first-order valence-electron chi connectivity index (χ1n) is 7.07. The van der Waals surface area contributed by atoms with E-state index < -0.39 is 0 Å². The summed E-state index contributed by atoms with van der Waals surface area (Å²) >= 11 is 3.59. The van der Waals surface area contributed by atoms with Crippen molar-refractivity contribution in [1.82, 2.24) is 0 Å². The van der Waals surface area contributed by atoms with Crippen molar-refractivity contribution in [2.75, 3.05) is 0 Å². The summed E-state index contributed by atoms with van der Waals surface area (Å²) < 4.78 is 0. The minimum Gasteiger partial charge on any atom is -0.0985 e. The molecule has 0 aliphatic rings. The highest BCUT2D eigenvalue weighted by Gasteiger charge is 2.07. The van der Waals surface area contributed by atoms with E-state index in [0.29, 0.717) is 0 Å². The minimum absolute atomic E-state index is 1.15. The lowest BCUT2D eigenvalue weighted by Crippen LogP contribution is -1.82. The Morgan fingerprint density at radius 2 is 1.18 bits per heavy atom. The van der Waals surface area contributed by atoms with Crippen LogP contribution in [0.5, 0.6) is 0 Å². The van der Waals surface area contributed by atoms with E-state index in [-0.39, 0.29) is 0 Å². The summed E-state index contributed by atoms with van der Waals surface area (Å²) in [6, 6.07) is 27.5. The Labute approximate surface area is 140 Å². The molecule has 0 aliphatic carbocycles. The lowest BCUT2D eigenvalue weighted by Gasteiger charge is -2.10. The van der Waals surface area contributed by atoms with E-state index in [2.05, 4.69) is 73.3 Å². The Bertz CT molecular complexity index is 749. The second-order valence-electron chi connectivity index (χ2n) is 4.74. The van der Waals surface area contributed by atoms with Gasteiger partial charge in [-0.3, -0.25) is 0 Å². The van der Waals surface area contributed by atoms with Crippen LogP contribution in [-0.4, -0.2) is 0 Å². The van der Waals surface area contributed by atoms with Gasteiger partial charge < -0.3 is 0 Å². The standard InChI is InChI=1S/C20H16S2/c1-2-16-13-14-19(21-17-9-5-3-6-10-17)20(15-16)22-18-11-7-4-8-12-18/h2-15H,1H2. The van der Waals surface area contributed by atoms with Crippen LogP contribution in [0.4, 0.5) is 0 Å². The third-order valence-electron chi connectivity index (χ3n) is 3.15. The molecule has 3 aromatic rings. The van der Waals surface area contributed by atoms with Gasteiger partial charge in [0.05, 0.1) is 0 Å². The first-order chi connectivity index (χ1) is 10.8. The van der Waals surface area contributed by atoms with Gasteiger partial charge in [0, 0.05) is 19.6 Å². The molecule has 3 rings (SSSR count). The van der Waals surface area contributed by atoms with Gasteiger partial charge in [-0.25, -0.2) is 0 Å². The van der Waals surface area contributed by atoms with E-state index in [0.717, 1.165) is 5.56 Å². The number of hydrogen-bond acceptors (Lipinski definition) is 2. The molecule has 0 N–H and O–H groups in total. The molecular formula is C20H16S2. The lowest BCUT2D eigenvalue weighted by molar-refractivity contribution is 1.23. The SMILES string of the molecule is C=Cc1ccc(Sc2ccccc2)c(Sc2ccccc2)c1. The molecule has 0 bridgehead atoms. The molecule has 0 nitrogen and oxygen atoms in total. The van der Waals surface area contributed by atoms with Crippen LogP contribution in [0.2, 0.25) is 0 Å². The van der Waals surface area contributed by atoms with E-state index in [1.165, 1.54) is 19.6 Å². The van der Waals surface area contributed by atoms with Crippen LogP contribution < -0.4 is 0 Å². The van der Waals surface area contributed by atoms with Crippen LogP contribution in [-0.2, 0) is 0 Å². The zero-order chi connectivity index (χ0) is 15.2. The highest BCUT2D eigenvalue weighted by Crippen LogP contribution is 2.39. The van der Waals surface area contributed by atoms with Crippen LogP contribution in [0, 0.1) is 0 Å². The molecule has 0 heterocycles. The molecule has 22 heavy (non-hydrogen) atoms. The zero-order valence-electron chi connectivity index (χ0n) is 12.1. The summed E-state index contributed by atoms with van der Waals surface area (Å²) in [6.45, 7) is 3.88. The van der Waals surface area contributed by atoms with Crippen molar-refractivity contribution in [1.29, 1.82) is 0 Å². The molecule has 0 spiro atoms. The van der Waals surface area contributed by atoms with Gasteiger partial charge >= 0.3 is 0 Å².